The lowest BCUT2D eigenvalue weighted by molar-refractivity contribution is -0.122. The molecule has 1 aliphatic carbocycles. The first-order valence-corrected chi connectivity index (χ1v) is 12.9. The van der Waals surface area contributed by atoms with Gasteiger partial charge in [0.05, 0.1) is 30.1 Å². The zero-order valence-corrected chi connectivity index (χ0v) is 20.6. The predicted octanol–water partition coefficient (Wildman–Crippen LogP) is 4.73. The number of fused-ring (bicyclic) bond motifs is 5. The average molecular weight is 487 g/mol. The van der Waals surface area contributed by atoms with Crippen LogP contribution in [0.2, 0.25) is 0 Å². The topological polar surface area (TPSA) is 70.2 Å². The first-order chi connectivity index (χ1) is 17.6. The number of aromatic amines is 1. The second kappa shape index (κ2) is 9.54. The van der Waals surface area contributed by atoms with Gasteiger partial charge in [-0.1, -0.05) is 24.3 Å². The SMILES string of the molecule is CCOc1ccc(Cc2nc3c(c4c2[nH]c2ccccc24)CCN(CC(=O)NCC2CC2)C3)cc1F. The molecule has 1 amide bonds. The van der Waals surface area contributed by atoms with Crippen molar-refractivity contribution in [1.82, 2.24) is 20.2 Å². The maximum Gasteiger partial charge on any atom is 0.234 e. The number of carbonyl (C=O) groups excluding carboxylic acids is 1. The number of aromatic nitrogens is 2. The average Bonchev–Trinajstić information content (AvgIpc) is 3.62. The Bertz CT molecular complexity index is 1440. The first-order valence-electron chi connectivity index (χ1n) is 12.9. The molecule has 186 valence electrons. The molecule has 0 bridgehead atoms. The number of pyridine rings is 1. The Morgan fingerprint density at radius 3 is 2.92 bits per heavy atom. The summed E-state index contributed by atoms with van der Waals surface area (Å²) in [6, 6.07) is 13.5. The first kappa shape index (κ1) is 23.0. The van der Waals surface area contributed by atoms with Gasteiger partial charge >= 0.3 is 0 Å². The van der Waals surface area contributed by atoms with Gasteiger partial charge in [-0.3, -0.25) is 14.7 Å². The van der Waals surface area contributed by atoms with E-state index in [0.717, 1.165) is 47.5 Å². The van der Waals surface area contributed by atoms with Crippen LogP contribution in [-0.4, -0.2) is 47.0 Å². The van der Waals surface area contributed by atoms with Crippen LogP contribution in [0.1, 0.15) is 42.3 Å². The standard InChI is InChI=1S/C29H31FN4O2/c1-2-36-26-10-9-19(13-22(26)30)14-24-29-28(20-5-3-4-6-23(20)33-29)21-11-12-34(16-25(21)32-24)17-27(35)31-15-18-7-8-18/h3-6,9-10,13,18,33H,2,7-8,11-12,14-17H2,1H3,(H,31,35). The maximum absolute atomic E-state index is 14.6. The molecule has 1 saturated carbocycles. The lowest BCUT2D eigenvalue weighted by atomic mass is 9.96. The highest BCUT2D eigenvalue weighted by atomic mass is 19.1. The molecule has 6 rings (SSSR count). The van der Waals surface area contributed by atoms with Gasteiger partial charge in [0.25, 0.3) is 0 Å². The number of H-pyrrole nitrogens is 1. The second-order valence-electron chi connectivity index (χ2n) is 9.99. The van der Waals surface area contributed by atoms with Gasteiger partial charge < -0.3 is 15.0 Å². The third kappa shape index (κ3) is 4.55. The number of benzene rings is 2. The molecule has 0 saturated heterocycles. The summed E-state index contributed by atoms with van der Waals surface area (Å²) in [6.07, 6.45) is 3.79. The van der Waals surface area contributed by atoms with Crippen LogP contribution in [0.15, 0.2) is 42.5 Å². The molecule has 2 aromatic heterocycles. The zero-order valence-electron chi connectivity index (χ0n) is 20.6. The van der Waals surface area contributed by atoms with Gasteiger partial charge in [-0.2, -0.15) is 0 Å². The summed E-state index contributed by atoms with van der Waals surface area (Å²) in [5, 5.41) is 5.46. The number of nitrogens with zero attached hydrogens (tertiary/aromatic N) is 2. The van der Waals surface area contributed by atoms with Crippen molar-refractivity contribution < 1.29 is 13.9 Å². The van der Waals surface area contributed by atoms with E-state index in [2.05, 4.69) is 33.4 Å². The molecule has 2 aromatic carbocycles. The Hall–Kier alpha value is -3.45. The molecule has 2 N–H and O–H groups in total. The maximum atomic E-state index is 14.6. The molecule has 0 unspecified atom stereocenters. The second-order valence-corrected chi connectivity index (χ2v) is 9.99. The predicted molar refractivity (Wildman–Crippen MR) is 139 cm³/mol. The summed E-state index contributed by atoms with van der Waals surface area (Å²) in [5.41, 5.74) is 6.08. The van der Waals surface area contributed by atoms with Gasteiger partial charge in [0.15, 0.2) is 11.6 Å². The Labute approximate surface area is 209 Å². The molecule has 0 atom stereocenters. The Kier molecular flexibility index (Phi) is 6.09. The third-order valence-corrected chi connectivity index (χ3v) is 7.29. The van der Waals surface area contributed by atoms with Gasteiger partial charge in [0.2, 0.25) is 5.91 Å². The molecule has 0 radical (unpaired) electrons. The minimum absolute atomic E-state index is 0.0867. The highest BCUT2D eigenvalue weighted by molar-refractivity contribution is 6.10. The highest BCUT2D eigenvalue weighted by Gasteiger charge is 2.26. The number of hydrogen-bond donors (Lipinski definition) is 2. The highest BCUT2D eigenvalue weighted by Crippen LogP contribution is 2.35. The fourth-order valence-corrected chi connectivity index (χ4v) is 5.29. The van der Waals surface area contributed by atoms with Crippen LogP contribution in [0.3, 0.4) is 0 Å². The number of amides is 1. The third-order valence-electron chi connectivity index (χ3n) is 7.29. The number of ether oxygens (including phenoxy) is 1. The molecule has 3 heterocycles. The summed E-state index contributed by atoms with van der Waals surface area (Å²) in [5.74, 6) is 0.668. The van der Waals surface area contributed by atoms with E-state index in [1.807, 2.05) is 19.1 Å². The lowest BCUT2D eigenvalue weighted by Gasteiger charge is -2.28. The Morgan fingerprint density at radius 2 is 2.11 bits per heavy atom. The van der Waals surface area contributed by atoms with E-state index in [9.17, 15) is 9.18 Å². The molecule has 4 aromatic rings. The Morgan fingerprint density at radius 1 is 1.25 bits per heavy atom. The quantitative estimate of drug-likeness (QED) is 0.378. The number of nitrogens with one attached hydrogen (secondary N) is 2. The molecule has 36 heavy (non-hydrogen) atoms. The number of carbonyl (C=O) groups is 1. The smallest absolute Gasteiger partial charge is 0.234 e. The minimum Gasteiger partial charge on any atom is -0.491 e. The molecule has 1 aliphatic heterocycles. The van der Waals surface area contributed by atoms with Gasteiger partial charge in [-0.15, -0.1) is 0 Å². The van der Waals surface area contributed by atoms with Crippen molar-refractivity contribution in [1.29, 1.82) is 0 Å². The van der Waals surface area contributed by atoms with E-state index in [4.69, 9.17) is 9.72 Å². The fourth-order valence-electron chi connectivity index (χ4n) is 5.29. The summed E-state index contributed by atoms with van der Waals surface area (Å²) in [4.78, 5) is 23.4. The van der Waals surface area contributed by atoms with E-state index in [-0.39, 0.29) is 17.5 Å². The van der Waals surface area contributed by atoms with E-state index in [1.54, 1.807) is 6.07 Å². The normalized spacial score (nSPS) is 15.8. The minimum atomic E-state index is -0.358. The van der Waals surface area contributed by atoms with Crippen molar-refractivity contribution in [2.75, 3.05) is 26.2 Å². The van der Waals surface area contributed by atoms with Crippen molar-refractivity contribution in [3.05, 3.63) is 70.8 Å². The van der Waals surface area contributed by atoms with Crippen LogP contribution < -0.4 is 10.1 Å². The fraction of sp³-hybridized carbons (Fsp3) is 0.379. The lowest BCUT2D eigenvalue weighted by Crippen LogP contribution is -2.40. The van der Waals surface area contributed by atoms with E-state index < -0.39 is 0 Å². The van der Waals surface area contributed by atoms with Gasteiger partial charge in [0.1, 0.15) is 0 Å². The Balaban J connectivity index is 1.34. The number of halogens is 1. The van der Waals surface area contributed by atoms with Crippen molar-refractivity contribution in [3.63, 3.8) is 0 Å². The van der Waals surface area contributed by atoms with Gasteiger partial charge in [-0.05, 0) is 61.4 Å². The molecule has 7 heteroatoms. The monoisotopic (exact) mass is 486 g/mol. The molecule has 0 spiro atoms. The summed E-state index contributed by atoms with van der Waals surface area (Å²) >= 11 is 0. The van der Waals surface area contributed by atoms with Crippen LogP contribution in [0, 0.1) is 11.7 Å². The van der Waals surface area contributed by atoms with Crippen LogP contribution in [-0.2, 0) is 24.2 Å². The summed E-state index contributed by atoms with van der Waals surface area (Å²) in [7, 11) is 0. The van der Waals surface area contributed by atoms with Crippen molar-refractivity contribution in [2.45, 2.75) is 39.2 Å². The van der Waals surface area contributed by atoms with Crippen LogP contribution in [0.5, 0.6) is 5.75 Å². The van der Waals surface area contributed by atoms with Crippen molar-refractivity contribution in [3.8, 4) is 5.75 Å². The van der Waals surface area contributed by atoms with E-state index in [0.29, 0.717) is 32.0 Å². The molecular weight excluding hydrogens is 455 g/mol. The van der Waals surface area contributed by atoms with Gasteiger partial charge in [0, 0.05) is 42.3 Å². The molecule has 2 aliphatic rings. The van der Waals surface area contributed by atoms with Crippen LogP contribution in [0.25, 0.3) is 21.8 Å². The zero-order chi connectivity index (χ0) is 24.6. The summed E-state index contributed by atoms with van der Waals surface area (Å²) in [6.45, 7) is 4.90. The largest absolute Gasteiger partial charge is 0.491 e. The van der Waals surface area contributed by atoms with Crippen molar-refractivity contribution >= 4 is 27.7 Å². The van der Waals surface area contributed by atoms with Crippen molar-refractivity contribution in [2.24, 2.45) is 5.92 Å². The molecule has 6 nitrogen and oxygen atoms in total. The van der Waals surface area contributed by atoms with Crippen LogP contribution >= 0.6 is 0 Å². The summed E-state index contributed by atoms with van der Waals surface area (Å²) < 4.78 is 20.0. The molecular formula is C29H31FN4O2. The number of hydrogen-bond acceptors (Lipinski definition) is 4. The van der Waals surface area contributed by atoms with Crippen LogP contribution in [0.4, 0.5) is 4.39 Å². The number of rotatable bonds is 8. The number of para-hydroxylation sites is 1. The van der Waals surface area contributed by atoms with Gasteiger partial charge in [-0.25, -0.2) is 4.39 Å². The van der Waals surface area contributed by atoms with E-state index in [1.165, 1.54) is 35.2 Å². The molecule has 1 fully saturated rings. The van der Waals surface area contributed by atoms with E-state index >= 15 is 0 Å².